The van der Waals surface area contributed by atoms with E-state index in [2.05, 4.69) is 0 Å². The van der Waals surface area contributed by atoms with Gasteiger partial charge in [-0.1, -0.05) is 0 Å². The molecule has 0 unspecified atom stereocenters. The molecule has 0 aliphatic carbocycles. The van der Waals surface area contributed by atoms with Crippen LogP contribution < -0.4 is 0 Å². The third kappa shape index (κ3) is 9.86. The van der Waals surface area contributed by atoms with Crippen molar-refractivity contribution >= 4 is 23.1 Å². The molecule has 0 spiro atoms. The Morgan fingerprint density at radius 3 is 1.40 bits per heavy atom. The molecule has 0 atom stereocenters. The number of hydrogen-bond acceptors (Lipinski definition) is 4. The van der Waals surface area contributed by atoms with E-state index in [0.717, 1.165) is 0 Å². The third-order valence-electron chi connectivity index (χ3n) is 1.54. The van der Waals surface area contributed by atoms with Crippen molar-refractivity contribution in [2.24, 2.45) is 0 Å². The quantitative estimate of drug-likeness (QED) is 0.625. The summed E-state index contributed by atoms with van der Waals surface area (Å²) in [5, 5.41) is 0. The SMILES string of the molecule is CC(=O)CC(=O)[CH2][Zr][CH2]C(=O)CC(C)=O. The zero-order chi connectivity index (χ0) is 11.8. The molecule has 0 N–H and O–H groups in total. The molecule has 0 bridgehead atoms. The Labute approximate surface area is 100 Å². The van der Waals surface area contributed by atoms with E-state index in [1.807, 2.05) is 0 Å². The number of Topliss-reactive ketones (excluding diaryl/α,β-unsaturated/α-hetero) is 4. The van der Waals surface area contributed by atoms with Crippen LogP contribution in [-0.2, 0) is 42.4 Å². The Balaban J connectivity index is 3.61. The van der Waals surface area contributed by atoms with Crippen LogP contribution >= 0.6 is 0 Å². The molecule has 0 aliphatic rings. The van der Waals surface area contributed by atoms with E-state index in [4.69, 9.17) is 0 Å². The summed E-state index contributed by atoms with van der Waals surface area (Å²) in [5.41, 5.74) is 0. The fourth-order valence-corrected chi connectivity index (χ4v) is 3.31. The summed E-state index contributed by atoms with van der Waals surface area (Å²) < 4.78 is 0.819. The average Bonchev–Trinajstić information content (AvgIpc) is 2.00. The predicted octanol–water partition coefficient (Wildman–Crippen LogP) is 1.00. The summed E-state index contributed by atoms with van der Waals surface area (Å²) in [4.78, 5) is 43.4. The van der Waals surface area contributed by atoms with Gasteiger partial charge in [0.1, 0.15) is 0 Å². The predicted molar refractivity (Wildman–Crippen MR) is 50.2 cm³/mol. The van der Waals surface area contributed by atoms with Crippen LogP contribution in [0.5, 0.6) is 0 Å². The topological polar surface area (TPSA) is 68.3 Å². The van der Waals surface area contributed by atoms with Crippen molar-refractivity contribution in [3.63, 3.8) is 0 Å². The van der Waals surface area contributed by atoms with Crippen molar-refractivity contribution < 1.29 is 42.4 Å². The molecule has 0 heterocycles. The molecule has 0 saturated carbocycles. The van der Waals surface area contributed by atoms with Gasteiger partial charge < -0.3 is 0 Å². The van der Waals surface area contributed by atoms with Gasteiger partial charge in [-0.05, 0) is 0 Å². The molecule has 0 rings (SSSR count). The van der Waals surface area contributed by atoms with Crippen molar-refractivity contribution in [3.8, 4) is 0 Å². The molecule has 0 aromatic carbocycles. The fraction of sp³-hybridized carbons (Fsp3) is 0.600. The Morgan fingerprint density at radius 2 is 1.13 bits per heavy atom. The molecule has 0 fully saturated rings. The van der Waals surface area contributed by atoms with Gasteiger partial charge in [0, 0.05) is 0 Å². The number of carbonyl (C=O) groups excluding carboxylic acids is 4. The normalized spacial score (nSPS) is 9.47. The van der Waals surface area contributed by atoms with Crippen LogP contribution in [0.25, 0.3) is 0 Å². The summed E-state index contributed by atoms with van der Waals surface area (Å²) >= 11 is -1.04. The van der Waals surface area contributed by atoms with Gasteiger partial charge in [0.25, 0.3) is 0 Å². The van der Waals surface area contributed by atoms with Crippen LogP contribution in [0.3, 0.4) is 0 Å². The average molecular weight is 289 g/mol. The first-order valence-electron chi connectivity index (χ1n) is 4.64. The molecule has 4 nitrogen and oxygen atoms in total. The zero-order valence-corrected chi connectivity index (χ0v) is 11.4. The number of hydrogen-bond donors (Lipinski definition) is 0. The van der Waals surface area contributed by atoms with Crippen molar-refractivity contribution in [1.82, 2.24) is 0 Å². The van der Waals surface area contributed by atoms with E-state index >= 15 is 0 Å². The van der Waals surface area contributed by atoms with Crippen LogP contribution in [-0.4, -0.2) is 23.1 Å². The van der Waals surface area contributed by atoms with Crippen LogP contribution in [0.2, 0.25) is 8.26 Å². The van der Waals surface area contributed by atoms with Crippen molar-refractivity contribution in [2.75, 3.05) is 0 Å². The monoisotopic (exact) mass is 288 g/mol. The molecule has 0 amide bonds. The Morgan fingerprint density at radius 1 is 0.800 bits per heavy atom. The third-order valence-corrected chi connectivity index (χ3v) is 4.70. The summed E-state index contributed by atoms with van der Waals surface area (Å²) in [6.45, 7) is 2.76. The number of rotatable bonds is 8. The summed E-state index contributed by atoms with van der Waals surface area (Å²) in [7, 11) is 0. The van der Waals surface area contributed by atoms with Crippen molar-refractivity contribution in [2.45, 2.75) is 34.9 Å². The van der Waals surface area contributed by atoms with Crippen LogP contribution in [0, 0.1) is 0 Å². The van der Waals surface area contributed by atoms with E-state index in [0.29, 0.717) is 8.26 Å². The Kier molecular flexibility index (Phi) is 7.58. The molecular formula is C10H14O4Zr. The molecule has 0 radical (unpaired) electrons. The van der Waals surface area contributed by atoms with Crippen LogP contribution in [0.1, 0.15) is 26.7 Å². The summed E-state index contributed by atoms with van der Waals surface area (Å²) in [6, 6.07) is 0. The summed E-state index contributed by atoms with van der Waals surface area (Å²) in [6.07, 6.45) is -0.0243. The second kappa shape index (κ2) is 7.80. The van der Waals surface area contributed by atoms with Crippen LogP contribution in [0.15, 0.2) is 0 Å². The minimum absolute atomic E-state index is 0.0122. The first-order valence-corrected chi connectivity index (χ1v) is 8.12. The van der Waals surface area contributed by atoms with Gasteiger partial charge in [-0.2, -0.15) is 0 Å². The maximum absolute atomic E-state index is 11.1. The van der Waals surface area contributed by atoms with Gasteiger partial charge in [0.05, 0.1) is 0 Å². The van der Waals surface area contributed by atoms with Gasteiger partial charge in [0.2, 0.25) is 0 Å². The standard InChI is InChI=1S/2C5H7O2.Zr/c2*1-4(6)3-5(2)7;/h2*1,3H2,2H3;. The molecule has 15 heavy (non-hydrogen) atoms. The van der Waals surface area contributed by atoms with Gasteiger partial charge in [0.15, 0.2) is 0 Å². The van der Waals surface area contributed by atoms with Gasteiger partial charge in [-0.3, -0.25) is 0 Å². The Hall–Kier alpha value is -0.437. The molecule has 0 aliphatic heterocycles. The van der Waals surface area contributed by atoms with E-state index < -0.39 is 23.2 Å². The second-order valence-corrected chi connectivity index (χ2v) is 6.41. The molecule has 82 valence electrons. The molecule has 0 aromatic heterocycles. The van der Waals surface area contributed by atoms with Crippen molar-refractivity contribution in [1.29, 1.82) is 0 Å². The Bertz CT molecular complexity index is 255. The minimum atomic E-state index is -1.04. The van der Waals surface area contributed by atoms with E-state index in [1.54, 1.807) is 0 Å². The molecule has 0 saturated heterocycles. The number of ketones is 4. The van der Waals surface area contributed by atoms with E-state index in [9.17, 15) is 19.2 Å². The second-order valence-electron chi connectivity index (χ2n) is 3.44. The zero-order valence-electron chi connectivity index (χ0n) is 8.96. The first-order chi connectivity index (χ1) is 6.91. The summed E-state index contributed by atoms with van der Waals surface area (Å²) in [5.74, 6) is -0.390. The maximum atomic E-state index is 11.1. The molecular weight excluding hydrogens is 275 g/mol. The van der Waals surface area contributed by atoms with Crippen LogP contribution in [0.4, 0.5) is 0 Å². The molecule has 0 aromatic rings. The van der Waals surface area contributed by atoms with E-state index in [-0.39, 0.29) is 36.0 Å². The van der Waals surface area contributed by atoms with Gasteiger partial charge in [-0.25, -0.2) is 0 Å². The van der Waals surface area contributed by atoms with Gasteiger partial charge in [-0.15, -0.1) is 0 Å². The number of carbonyl (C=O) groups is 4. The van der Waals surface area contributed by atoms with E-state index in [1.165, 1.54) is 13.8 Å². The molecule has 5 heteroatoms. The fourth-order valence-electron chi connectivity index (χ4n) is 1.02. The van der Waals surface area contributed by atoms with Crippen molar-refractivity contribution in [3.05, 3.63) is 0 Å². The first kappa shape index (κ1) is 14.6. The van der Waals surface area contributed by atoms with Gasteiger partial charge >= 0.3 is 100 Å².